The molecular formula is C23H21N3O2S. The second kappa shape index (κ2) is 7.72. The van der Waals surface area contributed by atoms with E-state index in [1.54, 1.807) is 11.3 Å². The number of nitrogens with one attached hydrogen (secondary N) is 2. The third-order valence-corrected chi connectivity index (χ3v) is 6.37. The predicted octanol–water partition coefficient (Wildman–Crippen LogP) is 5.19. The molecule has 0 bridgehead atoms. The number of aryl methyl sites for hydroxylation is 1. The average molecular weight is 404 g/mol. The molecule has 2 N–H and O–H groups in total. The lowest BCUT2D eigenvalue weighted by molar-refractivity contribution is -0.118. The highest BCUT2D eigenvalue weighted by molar-refractivity contribution is 7.17. The Morgan fingerprint density at radius 2 is 1.86 bits per heavy atom. The van der Waals surface area contributed by atoms with E-state index >= 15 is 0 Å². The summed E-state index contributed by atoms with van der Waals surface area (Å²) in [4.78, 5) is 22.2. The molecule has 1 aliphatic rings. The summed E-state index contributed by atoms with van der Waals surface area (Å²) in [6, 6.07) is 17.4. The lowest BCUT2D eigenvalue weighted by atomic mass is 9.95. The molecular weight excluding hydrogens is 382 g/mol. The second-order valence-corrected chi connectivity index (χ2v) is 8.27. The zero-order chi connectivity index (χ0) is 19.6. The number of benzene rings is 2. The zero-order valence-corrected chi connectivity index (χ0v) is 16.7. The highest BCUT2D eigenvalue weighted by Gasteiger charge is 2.25. The number of H-pyrrole nitrogens is 1. The van der Waals surface area contributed by atoms with Crippen LogP contribution in [0.25, 0.3) is 22.4 Å². The van der Waals surface area contributed by atoms with Crippen molar-refractivity contribution in [3.8, 4) is 17.1 Å². The van der Waals surface area contributed by atoms with Crippen molar-refractivity contribution in [2.45, 2.75) is 25.7 Å². The van der Waals surface area contributed by atoms with Gasteiger partial charge in [-0.15, -0.1) is 11.3 Å². The van der Waals surface area contributed by atoms with Crippen molar-refractivity contribution in [2.75, 3.05) is 11.9 Å². The summed E-state index contributed by atoms with van der Waals surface area (Å²) >= 11 is 1.67. The van der Waals surface area contributed by atoms with E-state index < -0.39 is 0 Å². The van der Waals surface area contributed by atoms with Crippen LogP contribution in [0.4, 0.5) is 5.00 Å². The summed E-state index contributed by atoms with van der Waals surface area (Å²) in [5.41, 5.74) is 4.29. The molecule has 6 heteroatoms. The molecule has 0 fully saturated rings. The van der Waals surface area contributed by atoms with Crippen molar-refractivity contribution in [3.63, 3.8) is 0 Å². The van der Waals surface area contributed by atoms with Crippen LogP contribution >= 0.6 is 11.3 Å². The fraction of sp³-hybridized carbons (Fsp3) is 0.217. The Labute approximate surface area is 172 Å². The van der Waals surface area contributed by atoms with Crippen LogP contribution < -0.4 is 10.1 Å². The Hall–Kier alpha value is -3.12. The molecule has 0 spiro atoms. The highest BCUT2D eigenvalue weighted by Crippen LogP contribution is 2.43. The van der Waals surface area contributed by atoms with Crippen molar-refractivity contribution in [3.05, 3.63) is 65.0 Å². The zero-order valence-electron chi connectivity index (χ0n) is 15.9. The standard InChI is InChI=1S/C23H21N3O2S/c27-20(14-28-15-8-2-1-3-9-15)26-23-21(16-10-4-7-13-19(16)29-23)22-24-17-11-5-6-12-18(17)25-22/h1-3,5-6,8-9,11-12H,4,7,10,13-14H2,(H,24,25)(H,26,27). The van der Waals surface area contributed by atoms with Crippen LogP contribution in [0.2, 0.25) is 0 Å². The number of para-hydroxylation sites is 3. The number of carbonyl (C=O) groups excluding carboxylic acids is 1. The summed E-state index contributed by atoms with van der Waals surface area (Å²) in [7, 11) is 0. The van der Waals surface area contributed by atoms with Gasteiger partial charge >= 0.3 is 0 Å². The first-order chi connectivity index (χ1) is 14.3. The number of fused-ring (bicyclic) bond motifs is 2. The molecule has 4 aromatic rings. The first-order valence-electron chi connectivity index (χ1n) is 9.85. The number of ether oxygens (including phenoxy) is 1. The fourth-order valence-corrected chi connectivity index (χ4v) is 5.11. The minimum absolute atomic E-state index is 0.0217. The smallest absolute Gasteiger partial charge is 0.262 e. The molecule has 2 aromatic carbocycles. The topological polar surface area (TPSA) is 67.0 Å². The van der Waals surface area contributed by atoms with E-state index in [4.69, 9.17) is 9.72 Å². The summed E-state index contributed by atoms with van der Waals surface area (Å²) in [6.45, 7) is -0.0217. The van der Waals surface area contributed by atoms with Gasteiger partial charge in [-0.25, -0.2) is 4.98 Å². The summed E-state index contributed by atoms with van der Waals surface area (Å²) in [6.07, 6.45) is 4.44. The first-order valence-corrected chi connectivity index (χ1v) is 10.7. The lowest BCUT2D eigenvalue weighted by Gasteiger charge is -2.12. The lowest BCUT2D eigenvalue weighted by Crippen LogP contribution is -2.20. The van der Waals surface area contributed by atoms with Crippen LogP contribution in [-0.2, 0) is 17.6 Å². The molecule has 2 heterocycles. The maximum absolute atomic E-state index is 12.6. The van der Waals surface area contributed by atoms with Crippen molar-refractivity contribution < 1.29 is 9.53 Å². The van der Waals surface area contributed by atoms with Crippen LogP contribution in [0.15, 0.2) is 54.6 Å². The van der Waals surface area contributed by atoms with Gasteiger partial charge in [0.05, 0.1) is 16.6 Å². The first kappa shape index (κ1) is 17.9. The van der Waals surface area contributed by atoms with E-state index in [2.05, 4.69) is 10.3 Å². The van der Waals surface area contributed by atoms with Gasteiger partial charge in [0.25, 0.3) is 5.91 Å². The molecule has 2 aromatic heterocycles. The number of nitrogens with zero attached hydrogens (tertiary/aromatic N) is 1. The fourth-order valence-electron chi connectivity index (χ4n) is 3.80. The Kier molecular flexibility index (Phi) is 4.77. The van der Waals surface area contributed by atoms with E-state index in [1.165, 1.54) is 23.3 Å². The number of imidazole rings is 1. The minimum atomic E-state index is -0.162. The number of rotatable bonds is 5. The summed E-state index contributed by atoms with van der Waals surface area (Å²) in [5.74, 6) is 1.35. The molecule has 29 heavy (non-hydrogen) atoms. The molecule has 0 atom stereocenters. The number of amides is 1. The third kappa shape index (κ3) is 3.63. The van der Waals surface area contributed by atoms with Crippen LogP contribution in [0.1, 0.15) is 23.3 Å². The maximum Gasteiger partial charge on any atom is 0.262 e. The molecule has 0 saturated heterocycles. The van der Waals surface area contributed by atoms with Gasteiger partial charge in [0.1, 0.15) is 16.6 Å². The SMILES string of the molecule is O=C(COc1ccccc1)Nc1sc2c(c1-c1nc3ccccc3[nH]1)CCCC2. The monoisotopic (exact) mass is 403 g/mol. The van der Waals surface area contributed by atoms with Gasteiger partial charge < -0.3 is 15.0 Å². The second-order valence-electron chi connectivity index (χ2n) is 7.17. The third-order valence-electron chi connectivity index (χ3n) is 5.16. The number of carbonyl (C=O) groups is 1. The maximum atomic E-state index is 12.6. The normalized spacial score (nSPS) is 13.2. The number of hydrogen-bond acceptors (Lipinski definition) is 4. The van der Waals surface area contributed by atoms with E-state index in [-0.39, 0.29) is 12.5 Å². The average Bonchev–Trinajstić information content (AvgIpc) is 3.33. The molecule has 1 aliphatic carbocycles. The highest BCUT2D eigenvalue weighted by atomic mass is 32.1. The Bertz CT molecular complexity index is 1130. The van der Waals surface area contributed by atoms with Gasteiger partial charge in [0.15, 0.2) is 6.61 Å². The quantitative estimate of drug-likeness (QED) is 0.482. The largest absolute Gasteiger partial charge is 0.484 e. The van der Waals surface area contributed by atoms with E-state index in [9.17, 15) is 4.79 Å². The van der Waals surface area contributed by atoms with Gasteiger partial charge in [-0.1, -0.05) is 30.3 Å². The minimum Gasteiger partial charge on any atom is -0.484 e. The molecule has 5 rings (SSSR count). The Balaban J connectivity index is 1.44. The van der Waals surface area contributed by atoms with Crippen molar-refractivity contribution in [2.24, 2.45) is 0 Å². The van der Waals surface area contributed by atoms with Gasteiger partial charge in [0, 0.05) is 4.88 Å². The van der Waals surface area contributed by atoms with Gasteiger partial charge in [0.2, 0.25) is 0 Å². The molecule has 5 nitrogen and oxygen atoms in total. The van der Waals surface area contributed by atoms with E-state index in [1.807, 2.05) is 54.6 Å². The summed E-state index contributed by atoms with van der Waals surface area (Å²) < 4.78 is 5.60. The predicted molar refractivity (Wildman–Crippen MR) is 117 cm³/mol. The molecule has 0 unspecified atom stereocenters. The van der Waals surface area contributed by atoms with E-state index in [0.717, 1.165) is 40.3 Å². The van der Waals surface area contributed by atoms with Gasteiger partial charge in [-0.3, -0.25) is 4.79 Å². The molecule has 0 saturated carbocycles. The number of aromatic nitrogens is 2. The van der Waals surface area contributed by atoms with Crippen molar-refractivity contribution >= 4 is 33.3 Å². The molecule has 1 amide bonds. The van der Waals surface area contributed by atoms with Crippen LogP contribution in [0.5, 0.6) is 5.75 Å². The Morgan fingerprint density at radius 1 is 1.07 bits per heavy atom. The van der Waals surface area contributed by atoms with Crippen LogP contribution in [-0.4, -0.2) is 22.5 Å². The number of thiophene rings is 1. The van der Waals surface area contributed by atoms with E-state index in [0.29, 0.717) is 5.75 Å². The summed E-state index contributed by atoms with van der Waals surface area (Å²) in [5, 5.41) is 3.93. The van der Waals surface area contributed by atoms with Crippen LogP contribution in [0, 0.1) is 0 Å². The number of anilines is 1. The van der Waals surface area contributed by atoms with Crippen LogP contribution in [0.3, 0.4) is 0 Å². The van der Waals surface area contributed by atoms with Crippen molar-refractivity contribution in [1.82, 2.24) is 9.97 Å². The number of aromatic amines is 1. The number of hydrogen-bond donors (Lipinski definition) is 2. The Morgan fingerprint density at radius 3 is 2.72 bits per heavy atom. The molecule has 146 valence electrons. The molecule has 0 aliphatic heterocycles. The van der Waals surface area contributed by atoms with Gasteiger partial charge in [-0.2, -0.15) is 0 Å². The van der Waals surface area contributed by atoms with Gasteiger partial charge in [-0.05, 0) is 55.5 Å². The molecule has 0 radical (unpaired) electrons. The van der Waals surface area contributed by atoms with Crippen molar-refractivity contribution in [1.29, 1.82) is 0 Å².